The van der Waals surface area contributed by atoms with Crippen LogP contribution in [0.25, 0.3) is 0 Å². The number of nitrogens with one attached hydrogen (secondary N) is 1. The van der Waals surface area contributed by atoms with Gasteiger partial charge in [-0.1, -0.05) is 0 Å². The normalized spacial score (nSPS) is 17.4. The van der Waals surface area contributed by atoms with Crippen molar-refractivity contribution in [2.24, 2.45) is 5.73 Å². The Bertz CT molecular complexity index is 502. The van der Waals surface area contributed by atoms with Crippen LogP contribution in [0, 0.1) is 0 Å². The first-order valence-corrected chi connectivity index (χ1v) is 7.58. The maximum absolute atomic E-state index is 5.69. The van der Waals surface area contributed by atoms with E-state index in [0.29, 0.717) is 11.2 Å². The van der Waals surface area contributed by atoms with Gasteiger partial charge in [0.05, 0.1) is 46.0 Å². The van der Waals surface area contributed by atoms with Crippen LogP contribution >= 0.6 is 12.2 Å². The molecule has 0 amide bonds. The molecular weight excluding hydrogens is 286 g/mol. The Morgan fingerprint density at radius 2 is 1.95 bits per heavy atom. The van der Waals surface area contributed by atoms with Crippen LogP contribution in [0.1, 0.15) is 18.5 Å². The second kappa shape index (κ2) is 6.95. The molecule has 1 fully saturated rings. The fourth-order valence-electron chi connectivity index (χ4n) is 2.84. The standard InChI is InChI=1S/C15H23N3O2S/c1-11(17-6-8-18(9-7-17)15(16)21)13-5-4-12(19-2)10-14(13)20-3/h4-5,10-11H,6-9H2,1-3H3,(H2,16,21)/p+1/t11-/m0/s1. The Labute approximate surface area is 131 Å². The van der Waals surface area contributed by atoms with E-state index in [9.17, 15) is 0 Å². The zero-order valence-electron chi connectivity index (χ0n) is 12.9. The number of methoxy groups -OCH3 is 2. The molecule has 1 heterocycles. The molecule has 1 aliphatic heterocycles. The van der Waals surface area contributed by atoms with Crippen LogP contribution in [0.3, 0.4) is 0 Å². The summed E-state index contributed by atoms with van der Waals surface area (Å²) in [5.74, 6) is 1.70. The van der Waals surface area contributed by atoms with Gasteiger partial charge in [-0.2, -0.15) is 0 Å². The number of hydrogen-bond acceptors (Lipinski definition) is 3. The summed E-state index contributed by atoms with van der Waals surface area (Å²) in [6.45, 7) is 6.10. The summed E-state index contributed by atoms with van der Waals surface area (Å²) in [5, 5.41) is 0.503. The number of rotatable bonds is 4. The molecule has 1 saturated heterocycles. The van der Waals surface area contributed by atoms with E-state index >= 15 is 0 Å². The third-order valence-corrected chi connectivity index (χ3v) is 4.50. The van der Waals surface area contributed by atoms with Crippen molar-refractivity contribution in [3.05, 3.63) is 23.8 Å². The van der Waals surface area contributed by atoms with Crippen molar-refractivity contribution < 1.29 is 14.4 Å². The Kier molecular flexibility index (Phi) is 5.25. The van der Waals surface area contributed by atoms with Gasteiger partial charge < -0.3 is 25.0 Å². The summed E-state index contributed by atoms with van der Waals surface area (Å²) in [6.07, 6.45) is 0. The van der Waals surface area contributed by atoms with E-state index in [2.05, 4.69) is 17.9 Å². The van der Waals surface area contributed by atoms with Crippen LogP contribution in [-0.4, -0.2) is 50.4 Å². The van der Waals surface area contributed by atoms with Gasteiger partial charge in [0.2, 0.25) is 0 Å². The minimum atomic E-state index is 0.361. The summed E-state index contributed by atoms with van der Waals surface area (Å²) in [7, 11) is 3.36. The molecule has 21 heavy (non-hydrogen) atoms. The fourth-order valence-corrected chi connectivity index (χ4v) is 3.03. The van der Waals surface area contributed by atoms with Crippen molar-refractivity contribution in [1.82, 2.24) is 4.90 Å². The fraction of sp³-hybridized carbons (Fsp3) is 0.533. The van der Waals surface area contributed by atoms with Crippen molar-refractivity contribution in [3.8, 4) is 11.5 Å². The maximum atomic E-state index is 5.69. The van der Waals surface area contributed by atoms with E-state index in [1.807, 2.05) is 12.1 Å². The predicted octanol–water partition coefficient (Wildman–Crippen LogP) is 0.209. The summed E-state index contributed by atoms with van der Waals surface area (Å²) < 4.78 is 10.8. The lowest BCUT2D eigenvalue weighted by molar-refractivity contribution is -0.933. The van der Waals surface area contributed by atoms with Crippen LogP contribution < -0.4 is 20.1 Å². The van der Waals surface area contributed by atoms with Gasteiger partial charge in [0.1, 0.15) is 17.5 Å². The molecule has 0 spiro atoms. The van der Waals surface area contributed by atoms with Crippen molar-refractivity contribution in [2.45, 2.75) is 13.0 Å². The number of benzene rings is 1. The quantitative estimate of drug-likeness (QED) is 0.779. The average molecular weight is 310 g/mol. The first-order chi connectivity index (χ1) is 10.1. The van der Waals surface area contributed by atoms with Crippen molar-refractivity contribution in [1.29, 1.82) is 0 Å². The van der Waals surface area contributed by atoms with Crippen LogP contribution in [0.15, 0.2) is 18.2 Å². The molecule has 0 aromatic heterocycles. The van der Waals surface area contributed by atoms with E-state index in [1.54, 1.807) is 14.2 Å². The topological polar surface area (TPSA) is 52.2 Å². The van der Waals surface area contributed by atoms with Gasteiger partial charge in [0.25, 0.3) is 0 Å². The third kappa shape index (κ3) is 3.57. The molecule has 0 bridgehead atoms. The van der Waals surface area contributed by atoms with Gasteiger partial charge in [-0.05, 0) is 31.3 Å². The molecule has 0 saturated carbocycles. The first kappa shape index (κ1) is 15.9. The molecule has 3 N–H and O–H groups in total. The summed E-state index contributed by atoms with van der Waals surface area (Å²) >= 11 is 5.04. The predicted molar refractivity (Wildman–Crippen MR) is 87.0 cm³/mol. The number of nitrogens with zero attached hydrogens (tertiary/aromatic N) is 1. The lowest BCUT2D eigenvalue weighted by Gasteiger charge is -2.36. The molecule has 1 atom stereocenters. The molecule has 0 aliphatic carbocycles. The van der Waals surface area contributed by atoms with E-state index in [-0.39, 0.29) is 0 Å². The Hall–Kier alpha value is -1.53. The second-order valence-electron chi connectivity index (χ2n) is 5.31. The lowest BCUT2D eigenvalue weighted by Crippen LogP contribution is -3.14. The lowest BCUT2D eigenvalue weighted by atomic mass is 10.0. The average Bonchev–Trinajstić information content (AvgIpc) is 2.53. The first-order valence-electron chi connectivity index (χ1n) is 7.17. The number of ether oxygens (including phenoxy) is 2. The van der Waals surface area contributed by atoms with Gasteiger partial charge >= 0.3 is 0 Å². The molecule has 2 rings (SSSR count). The second-order valence-corrected chi connectivity index (χ2v) is 5.73. The highest BCUT2D eigenvalue weighted by molar-refractivity contribution is 7.80. The van der Waals surface area contributed by atoms with E-state index in [4.69, 9.17) is 27.4 Å². The zero-order chi connectivity index (χ0) is 15.4. The molecule has 1 aromatic carbocycles. The zero-order valence-corrected chi connectivity index (χ0v) is 13.7. The van der Waals surface area contributed by atoms with Gasteiger partial charge in [-0.25, -0.2) is 0 Å². The number of hydrogen-bond donors (Lipinski definition) is 2. The minimum absolute atomic E-state index is 0.361. The summed E-state index contributed by atoms with van der Waals surface area (Å²) in [4.78, 5) is 3.59. The largest absolute Gasteiger partial charge is 0.497 e. The SMILES string of the molecule is COc1ccc([C@H](C)[NH+]2CCN(C(N)=S)CC2)c(OC)c1. The maximum Gasteiger partial charge on any atom is 0.166 e. The molecular formula is C15H24N3O2S+. The molecule has 116 valence electrons. The minimum Gasteiger partial charge on any atom is -0.497 e. The summed E-state index contributed by atoms with van der Waals surface area (Å²) in [6, 6.07) is 6.38. The van der Waals surface area contributed by atoms with Crippen LogP contribution in [0.2, 0.25) is 0 Å². The number of quaternary nitrogens is 1. The third-order valence-electron chi connectivity index (χ3n) is 4.24. The molecule has 6 heteroatoms. The highest BCUT2D eigenvalue weighted by Crippen LogP contribution is 2.28. The highest BCUT2D eigenvalue weighted by atomic mass is 32.1. The van der Waals surface area contributed by atoms with Gasteiger partial charge in [-0.15, -0.1) is 0 Å². The monoisotopic (exact) mass is 310 g/mol. The number of thiocarbonyl (C=S) groups is 1. The van der Waals surface area contributed by atoms with Gasteiger partial charge in [0, 0.05) is 6.07 Å². The molecule has 0 unspecified atom stereocenters. The van der Waals surface area contributed by atoms with Crippen molar-refractivity contribution >= 4 is 17.3 Å². The van der Waals surface area contributed by atoms with E-state index < -0.39 is 0 Å². The van der Waals surface area contributed by atoms with Gasteiger partial charge in [0.15, 0.2) is 5.11 Å². The number of piperazine rings is 1. The van der Waals surface area contributed by atoms with E-state index in [1.165, 1.54) is 10.5 Å². The van der Waals surface area contributed by atoms with Crippen molar-refractivity contribution in [3.63, 3.8) is 0 Å². The number of nitrogens with two attached hydrogens (primary N) is 1. The Morgan fingerprint density at radius 3 is 2.48 bits per heavy atom. The van der Waals surface area contributed by atoms with Crippen molar-refractivity contribution in [2.75, 3.05) is 40.4 Å². The van der Waals surface area contributed by atoms with Gasteiger partial charge in [-0.3, -0.25) is 0 Å². The molecule has 0 radical (unpaired) electrons. The Morgan fingerprint density at radius 1 is 1.29 bits per heavy atom. The van der Waals surface area contributed by atoms with Crippen LogP contribution in [0.4, 0.5) is 0 Å². The Balaban J connectivity index is 2.10. The molecule has 1 aromatic rings. The molecule has 1 aliphatic rings. The summed E-state index contributed by atoms with van der Waals surface area (Å²) in [5.41, 5.74) is 6.90. The van der Waals surface area contributed by atoms with Crippen LogP contribution in [-0.2, 0) is 0 Å². The highest BCUT2D eigenvalue weighted by Gasteiger charge is 2.27. The molecule has 5 nitrogen and oxygen atoms in total. The smallest absolute Gasteiger partial charge is 0.166 e. The van der Waals surface area contributed by atoms with Crippen LogP contribution in [0.5, 0.6) is 11.5 Å². The van der Waals surface area contributed by atoms with E-state index in [0.717, 1.165) is 37.7 Å².